The summed E-state index contributed by atoms with van der Waals surface area (Å²) < 4.78 is 5.42. The molecule has 108 valence electrons. The molecule has 8 nitrogen and oxygen atoms in total. The van der Waals surface area contributed by atoms with Crippen molar-refractivity contribution < 1.29 is 14.9 Å². The van der Waals surface area contributed by atoms with Gasteiger partial charge in [-0.25, -0.2) is 0 Å². The first-order chi connectivity index (χ1) is 9.05. The van der Waals surface area contributed by atoms with Crippen molar-refractivity contribution in [3.8, 4) is 6.01 Å². The van der Waals surface area contributed by atoms with Crippen LogP contribution < -0.4 is 15.4 Å². The molecular weight excluding hydrogens is 250 g/mol. The molecule has 1 aromatic rings. The van der Waals surface area contributed by atoms with Gasteiger partial charge in [-0.1, -0.05) is 0 Å². The molecule has 0 aliphatic heterocycles. The van der Waals surface area contributed by atoms with Crippen LogP contribution in [0.2, 0.25) is 0 Å². The Bertz CT molecular complexity index is 389. The van der Waals surface area contributed by atoms with Crippen molar-refractivity contribution in [2.24, 2.45) is 0 Å². The molecule has 0 spiro atoms. The summed E-state index contributed by atoms with van der Waals surface area (Å²) in [6.45, 7) is 6.17. The number of anilines is 2. The first-order valence-electron chi connectivity index (χ1n) is 6.24. The van der Waals surface area contributed by atoms with Gasteiger partial charge in [0.25, 0.3) is 0 Å². The molecule has 19 heavy (non-hydrogen) atoms. The van der Waals surface area contributed by atoms with Crippen LogP contribution in [0, 0.1) is 0 Å². The molecule has 0 aromatic carbocycles. The number of rotatable bonds is 8. The topological polar surface area (TPSA) is 112 Å². The molecule has 1 unspecified atom stereocenters. The van der Waals surface area contributed by atoms with Gasteiger partial charge in [0.05, 0.1) is 18.8 Å². The third-order valence-electron chi connectivity index (χ3n) is 2.00. The third kappa shape index (κ3) is 5.66. The van der Waals surface area contributed by atoms with E-state index in [4.69, 9.17) is 9.84 Å². The van der Waals surface area contributed by atoms with E-state index < -0.39 is 6.10 Å². The lowest BCUT2D eigenvalue weighted by molar-refractivity contribution is 0.105. The number of aliphatic hydroxyl groups excluding tert-OH is 2. The largest absolute Gasteiger partial charge is 0.461 e. The Hall–Kier alpha value is -1.67. The number of hydrogen-bond donors (Lipinski definition) is 4. The molecule has 1 heterocycles. The Morgan fingerprint density at radius 1 is 1.16 bits per heavy atom. The molecule has 1 aromatic heterocycles. The van der Waals surface area contributed by atoms with Gasteiger partial charge in [-0.2, -0.15) is 15.0 Å². The van der Waals surface area contributed by atoms with Gasteiger partial charge in [-0.05, 0) is 20.8 Å². The fourth-order valence-electron chi connectivity index (χ4n) is 1.21. The smallest absolute Gasteiger partial charge is 0.323 e. The van der Waals surface area contributed by atoms with E-state index in [-0.39, 0.29) is 31.2 Å². The average molecular weight is 271 g/mol. The van der Waals surface area contributed by atoms with E-state index in [2.05, 4.69) is 25.6 Å². The fourth-order valence-corrected chi connectivity index (χ4v) is 1.21. The fraction of sp³-hybridized carbons (Fsp3) is 0.727. The second-order valence-corrected chi connectivity index (χ2v) is 4.18. The predicted molar refractivity (Wildman–Crippen MR) is 71.3 cm³/mol. The number of ether oxygens (including phenoxy) is 1. The summed E-state index contributed by atoms with van der Waals surface area (Å²) in [6.07, 6.45) is -0.915. The molecule has 8 heteroatoms. The SMILES string of the molecule is CCNc1nc(NCC(O)CO)nc(OC(C)C)n1. The number of nitrogens with one attached hydrogen (secondary N) is 2. The Kier molecular flexibility index (Phi) is 6.23. The van der Waals surface area contributed by atoms with E-state index >= 15 is 0 Å². The first-order valence-corrected chi connectivity index (χ1v) is 6.24. The van der Waals surface area contributed by atoms with Crippen molar-refractivity contribution in [3.05, 3.63) is 0 Å². The van der Waals surface area contributed by atoms with Crippen molar-refractivity contribution in [1.82, 2.24) is 15.0 Å². The lowest BCUT2D eigenvalue weighted by atomic mass is 10.4. The maximum Gasteiger partial charge on any atom is 0.323 e. The molecule has 1 rings (SSSR count). The van der Waals surface area contributed by atoms with Crippen LogP contribution in [-0.4, -0.2) is 57.1 Å². The van der Waals surface area contributed by atoms with Crippen LogP contribution in [0.1, 0.15) is 20.8 Å². The van der Waals surface area contributed by atoms with Crippen LogP contribution in [0.25, 0.3) is 0 Å². The molecule has 0 amide bonds. The van der Waals surface area contributed by atoms with E-state index in [9.17, 15) is 5.11 Å². The number of aromatic nitrogens is 3. The van der Waals surface area contributed by atoms with Crippen LogP contribution in [0.15, 0.2) is 0 Å². The minimum atomic E-state index is -0.867. The molecule has 1 atom stereocenters. The number of nitrogens with zero attached hydrogens (tertiary/aromatic N) is 3. The highest BCUT2D eigenvalue weighted by Gasteiger charge is 2.09. The van der Waals surface area contributed by atoms with E-state index in [1.807, 2.05) is 20.8 Å². The lowest BCUT2D eigenvalue weighted by Gasteiger charge is -2.12. The van der Waals surface area contributed by atoms with Crippen LogP contribution in [0.5, 0.6) is 6.01 Å². The third-order valence-corrected chi connectivity index (χ3v) is 2.00. The van der Waals surface area contributed by atoms with Crippen molar-refractivity contribution in [2.45, 2.75) is 33.0 Å². The van der Waals surface area contributed by atoms with Crippen LogP contribution in [0.3, 0.4) is 0 Å². The molecule has 0 saturated heterocycles. The van der Waals surface area contributed by atoms with Gasteiger partial charge in [0.1, 0.15) is 0 Å². The predicted octanol–water partition coefficient (Wildman–Crippen LogP) is -0.144. The van der Waals surface area contributed by atoms with Gasteiger partial charge in [-0.15, -0.1) is 0 Å². The van der Waals surface area contributed by atoms with E-state index in [1.165, 1.54) is 0 Å². The van der Waals surface area contributed by atoms with Crippen molar-refractivity contribution in [3.63, 3.8) is 0 Å². The van der Waals surface area contributed by atoms with E-state index in [0.717, 1.165) is 0 Å². The summed E-state index contributed by atoms with van der Waals surface area (Å²) in [4.78, 5) is 12.3. The van der Waals surface area contributed by atoms with Crippen LogP contribution >= 0.6 is 0 Å². The monoisotopic (exact) mass is 271 g/mol. The molecule has 0 aliphatic carbocycles. The molecule has 4 N–H and O–H groups in total. The Morgan fingerprint density at radius 2 is 1.79 bits per heavy atom. The van der Waals surface area contributed by atoms with Gasteiger partial charge in [0.15, 0.2) is 0 Å². The molecule has 0 saturated carbocycles. The summed E-state index contributed by atoms with van der Waals surface area (Å²) >= 11 is 0. The zero-order valence-corrected chi connectivity index (χ0v) is 11.4. The van der Waals surface area contributed by atoms with Crippen LogP contribution in [0.4, 0.5) is 11.9 Å². The highest BCUT2D eigenvalue weighted by Crippen LogP contribution is 2.12. The second-order valence-electron chi connectivity index (χ2n) is 4.18. The van der Waals surface area contributed by atoms with E-state index in [0.29, 0.717) is 12.5 Å². The van der Waals surface area contributed by atoms with Gasteiger partial charge in [0.2, 0.25) is 11.9 Å². The van der Waals surface area contributed by atoms with Gasteiger partial charge in [0, 0.05) is 13.1 Å². The minimum absolute atomic E-state index is 0.0484. The maximum atomic E-state index is 9.28. The minimum Gasteiger partial charge on any atom is -0.461 e. The summed E-state index contributed by atoms with van der Waals surface area (Å²) in [7, 11) is 0. The zero-order chi connectivity index (χ0) is 14.3. The van der Waals surface area contributed by atoms with Gasteiger partial charge in [-0.3, -0.25) is 0 Å². The Morgan fingerprint density at radius 3 is 2.32 bits per heavy atom. The summed E-state index contributed by atoms with van der Waals surface area (Å²) in [5.74, 6) is 0.684. The van der Waals surface area contributed by atoms with Crippen molar-refractivity contribution >= 4 is 11.9 Å². The Balaban J connectivity index is 2.79. The van der Waals surface area contributed by atoms with E-state index in [1.54, 1.807) is 0 Å². The van der Waals surface area contributed by atoms with Crippen LogP contribution in [-0.2, 0) is 0 Å². The molecule has 0 bridgehead atoms. The van der Waals surface area contributed by atoms with Crippen molar-refractivity contribution in [1.29, 1.82) is 0 Å². The first kappa shape index (κ1) is 15.4. The summed E-state index contributed by atoms with van der Waals surface area (Å²) in [5.41, 5.74) is 0. The van der Waals surface area contributed by atoms with Crippen molar-refractivity contribution in [2.75, 3.05) is 30.3 Å². The summed E-state index contributed by atoms with van der Waals surface area (Å²) in [6, 6.07) is 0.210. The number of aliphatic hydroxyl groups is 2. The number of hydrogen-bond acceptors (Lipinski definition) is 8. The Labute approximate surface area is 112 Å². The maximum absolute atomic E-state index is 9.28. The molecule has 0 fully saturated rings. The quantitative estimate of drug-likeness (QED) is 0.516. The normalized spacial score (nSPS) is 12.3. The lowest BCUT2D eigenvalue weighted by Crippen LogP contribution is -2.24. The standard InChI is InChI=1S/C11H21N5O3/c1-4-12-9-14-10(13-5-8(18)6-17)16-11(15-9)19-7(2)3/h7-8,17-18H,4-6H2,1-3H3,(H2,12,13,14,15,16). The average Bonchev–Trinajstić information content (AvgIpc) is 2.35. The highest BCUT2D eigenvalue weighted by atomic mass is 16.5. The zero-order valence-electron chi connectivity index (χ0n) is 11.4. The van der Waals surface area contributed by atoms with Gasteiger partial charge >= 0.3 is 6.01 Å². The molecule has 0 aliphatic rings. The molecular formula is C11H21N5O3. The highest BCUT2D eigenvalue weighted by molar-refractivity contribution is 5.35. The second kappa shape index (κ2) is 7.70. The molecule has 0 radical (unpaired) electrons. The van der Waals surface area contributed by atoms with Gasteiger partial charge < -0.3 is 25.6 Å². The summed E-state index contributed by atoms with van der Waals surface area (Å²) in [5, 5.41) is 23.8.